The Hall–Kier alpha value is -4.55. The van der Waals surface area contributed by atoms with E-state index in [4.69, 9.17) is 4.42 Å². The number of nitrogens with one attached hydrogen (secondary N) is 2. The Morgan fingerprint density at radius 2 is 1.78 bits per heavy atom. The SMILES string of the molecule is Cc1cc(C(=O)N[C@@H](Cc2ccccc2)[C@@H](O)CNCc2cccc(C(F)(F)F)c2)cc(C(=O)N2CCC[C@@H]2c2nc(C)co2)n1. The molecule has 4 aromatic rings. The number of pyridine rings is 1. The van der Waals surface area contributed by atoms with E-state index < -0.39 is 29.8 Å². The van der Waals surface area contributed by atoms with E-state index in [1.165, 1.54) is 12.1 Å². The number of rotatable bonds is 11. The third-order valence-corrected chi connectivity index (χ3v) is 7.89. The highest BCUT2D eigenvalue weighted by atomic mass is 19.4. The Kier molecular flexibility index (Phi) is 10.2. The summed E-state index contributed by atoms with van der Waals surface area (Å²) >= 11 is 0. The van der Waals surface area contributed by atoms with E-state index in [1.807, 2.05) is 37.3 Å². The number of hydrogen-bond donors (Lipinski definition) is 3. The number of carbonyl (C=O) groups excluding carboxylic acids is 2. The fourth-order valence-electron chi connectivity index (χ4n) is 5.62. The molecule has 12 heteroatoms. The maximum absolute atomic E-state index is 13.6. The number of alkyl halides is 3. The number of likely N-dealkylation sites (tertiary alicyclic amines) is 1. The summed E-state index contributed by atoms with van der Waals surface area (Å²) in [7, 11) is 0. The summed E-state index contributed by atoms with van der Waals surface area (Å²) in [4.78, 5) is 37.7. The van der Waals surface area contributed by atoms with Crippen LogP contribution < -0.4 is 10.6 Å². The van der Waals surface area contributed by atoms with E-state index >= 15 is 0 Å². The Bertz CT molecular complexity index is 1660. The molecule has 1 aliphatic heterocycles. The van der Waals surface area contributed by atoms with E-state index in [1.54, 1.807) is 30.2 Å². The summed E-state index contributed by atoms with van der Waals surface area (Å²) in [6.45, 7) is 4.10. The van der Waals surface area contributed by atoms with Crippen molar-refractivity contribution in [1.82, 2.24) is 25.5 Å². The van der Waals surface area contributed by atoms with Crippen LogP contribution in [0.3, 0.4) is 0 Å². The Labute approximate surface area is 264 Å². The molecule has 0 bridgehead atoms. The van der Waals surface area contributed by atoms with Gasteiger partial charge in [0, 0.05) is 30.9 Å². The first-order valence-corrected chi connectivity index (χ1v) is 15.1. The molecule has 0 saturated carbocycles. The number of aromatic nitrogens is 2. The Morgan fingerprint density at radius 1 is 1.02 bits per heavy atom. The molecular weight excluding hydrogens is 599 g/mol. The van der Waals surface area contributed by atoms with Crippen LogP contribution in [0.1, 0.15) is 73.7 Å². The van der Waals surface area contributed by atoms with Crippen LogP contribution in [0.2, 0.25) is 0 Å². The molecule has 5 rings (SSSR count). The quantitative estimate of drug-likeness (QED) is 0.208. The predicted octanol–water partition coefficient (Wildman–Crippen LogP) is 5.17. The lowest BCUT2D eigenvalue weighted by Gasteiger charge is -2.25. The van der Waals surface area contributed by atoms with Crippen molar-refractivity contribution in [3.05, 3.63) is 118 Å². The van der Waals surface area contributed by atoms with Gasteiger partial charge in [0.2, 0.25) is 5.89 Å². The summed E-state index contributed by atoms with van der Waals surface area (Å²) in [6, 6.07) is 16.2. The van der Waals surface area contributed by atoms with Gasteiger partial charge in [-0.3, -0.25) is 9.59 Å². The molecule has 1 saturated heterocycles. The van der Waals surface area contributed by atoms with Crippen LogP contribution in [0.4, 0.5) is 13.2 Å². The molecule has 1 aliphatic rings. The minimum atomic E-state index is -4.46. The van der Waals surface area contributed by atoms with Crippen molar-refractivity contribution in [3.63, 3.8) is 0 Å². The molecule has 9 nitrogen and oxygen atoms in total. The van der Waals surface area contributed by atoms with Crippen molar-refractivity contribution in [2.75, 3.05) is 13.1 Å². The highest BCUT2D eigenvalue weighted by molar-refractivity contribution is 5.99. The third-order valence-electron chi connectivity index (χ3n) is 7.89. The number of aliphatic hydroxyl groups is 1. The molecule has 0 aliphatic carbocycles. The molecule has 46 heavy (non-hydrogen) atoms. The lowest BCUT2D eigenvalue weighted by atomic mass is 10.00. The van der Waals surface area contributed by atoms with Crippen molar-refractivity contribution in [1.29, 1.82) is 0 Å². The van der Waals surface area contributed by atoms with Gasteiger partial charge in [-0.05, 0) is 62.4 Å². The number of halogens is 3. The minimum absolute atomic E-state index is 0.00374. The highest BCUT2D eigenvalue weighted by Gasteiger charge is 2.35. The monoisotopic (exact) mass is 635 g/mol. The lowest BCUT2D eigenvalue weighted by molar-refractivity contribution is -0.137. The largest absolute Gasteiger partial charge is 0.446 e. The summed E-state index contributed by atoms with van der Waals surface area (Å²) in [5, 5.41) is 17.1. The average molecular weight is 636 g/mol. The fourth-order valence-corrected chi connectivity index (χ4v) is 5.62. The van der Waals surface area contributed by atoms with Gasteiger partial charge < -0.3 is 25.1 Å². The topological polar surface area (TPSA) is 121 Å². The molecular formula is C34H36F3N5O4. The predicted molar refractivity (Wildman–Crippen MR) is 164 cm³/mol. The molecule has 3 heterocycles. The van der Waals surface area contributed by atoms with Gasteiger partial charge in [-0.15, -0.1) is 0 Å². The number of hydrogen-bond acceptors (Lipinski definition) is 7. The number of amides is 2. The van der Waals surface area contributed by atoms with Gasteiger partial charge in [0.15, 0.2) is 0 Å². The van der Waals surface area contributed by atoms with E-state index in [2.05, 4.69) is 20.6 Å². The molecule has 0 spiro atoms. The van der Waals surface area contributed by atoms with Crippen molar-refractivity contribution in [2.24, 2.45) is 0 Å². The maximum Gasteiger partial charge on any atom is 0.416 e. The Balaban J connectivity index is 1.29. The normalized spacial score (nSPS) is 16.3. The molecule has 3 atom stereocenters. The molecule has 2 amide bonds. The van der Waals surface area contributed by atoms with Gasteiger partial charge in [-0.2, -0.15) is 13.2 Å². The molecule has 0 radical (unpaired) electrons. The smallest absolute Gasteiger partial charge is 0.416 e. The first-order chi connectivity index (χ1) is 22.0. The second-order valence-corrected chi connectivity index (χ2v) is 11.5. The van der Waals surface area contributed by atoms with E-state index in [0.29, 0.717) is 36.5 Å². The number of aliphatic hydroxyl groups excluding tert-OH is 1. The molecule has 1 fully saturated rings. The number of carbonyl (C=O) groups is 2. The van der Waals surface area contributed by atoms with Crippen LogP contribution in [0.5, 0.6) is 0 Å². The summed E-state index contributed by atoms with van der Waals surface area (Å²) < 4.78 is 44.9. The van der Waals surface area contributed by atoms with Gasteiger partial charge in [-0.1, -0.05) is 48.5 Å². The summed E-state index contributed by atoms with van der Waals surface area (Å²) in [5.74, 6) is -0.372. The first kappa shape index (κ1) is 32.8. The van der Waals surface area contributed by atoms with Crippen LogP contribution in [0, 0.1) is 13.8 Å². The van der Waals surface area contributed by atoms with Crippen molar-refractivity contribution < 1.29 is 32.3 Å². The van der Waals surface area contributed by atoms with Crippen molar-refractivity contribution >= 4 is 11.8 Å². The average Bonchev–Trinajstić information content (AvgIpc) is 3.69. The van der Waals surface area contributed by atoms with Gasteiger partial charge in [0.25, 0.3) is 11.8 Å². The van der Waals surface area contributed by atoms with Crippen LogP contribution in [-0.2, 0) is 19.1 Å². The zero-order valence-corrected chi connectivity index (χ0v) is 25.6. The Morgan fingerprint density at radius 3 is 2.50 bits per heavy atom. The lowest BCUT2D eigenvalue weighted by Crippen LogP contribution is -2.48. The van der Waals surface area contributed by atoms with Gasteiger partial charge in [-0.25, -0.2) is 9.97 Å². The van der Waals surface area contributed by atoms with Crippen LogP contribution >= 0.6 is 0 Å². The summed E-state index contributed by atoms with van der Waals surface area (Å²) in [5.41, 5.74) is 2.05. The minimum Gasteiger partial charge on any atom is -0.446 e. The van der Waals surface area contributed by atoms with Crippen LogP contribution in [0.15, 0.2) is 77.4 Å². The molecule has 2 aromatic heterocycles. The van der Waals surface area contributed by atoms with Gasteiger partial charge in [0.1, 0.15) is 18.0 Å². The zero-order valence-electron chi connectivity index (χ0n) is 25.6. The summed E-state index contributed by atoms with van der Waals surface area (Å²) in [6.07, 6.45) is -2.23. The number of aryl methyl sites for hydroxylation is 2. The van der Waals surface area contributed by atoms with E-state index in [9.17, 15) is 27.9 Å². The molecule has 3 N–H and O–H groups in total. The highest BCUT2D eigenvalue weighted by Crippen LogP contribution is 2.33. The second kappa shape index (κ2) is 14.3. The number of oxazole rings is 1. The first-order valence-electron chi connectivity index (χ1n) is 15.1. The van der Waals surface area contributed by atoms with Crippen molar-refractivity contribution in [3.8, 4) is 0 Å². The number of nitrogens with zero attached hydrogens (tertiary/aromatic N) is 3. The maximum atomic E-state index is 13.6. The second-order valence-electron chi connectivity index (χ2n) is 11.5. The van der Waals surface area contributed by atoms with E-state index in [0.717, 1.165) is 29.8 Å². The number of benzene rings is 2. The van der Waals surface area contributed by atoms with Crippen LogP contribution in [-0.4, -0.2) is 57.0 Å². The van der Waals surface area contributed by atoms with Crippen LogP contribution in [0.25, 0.3) is 0 Å². The molecule has 0 unspecified atom stereocenters. The standard InChI is InChI=1S/C34H36F3N5O4/c1-21-14-25(17-28(39-21)33(45)42-13-7-12-29(42)32-40-22(2)20-46-32)31(44)41-27(16-23-8-4-3-5-9-23)30(43)19-38-18-24-10-6-11-26(15-24)34(35,36)37/h3-6,8-11,14-15,17,20,27,29-30,38,43H,7,12-13,16,18-19H2,1-2H3,(H,41,44)/t27-,29+,30-/m0/s1. The molecule has 2 aromatic carbocycles. The van der Waals surface area contributed by atoms with Crippen molar-refractivity contribution in [2.45, 2.75) is 64.0 Å². The van der Waals surface area contributed by atoms with Gasteiger partial charge >= 0.3 is 6.18 Å². The fraction of sp³-hybridized carbons (Fsp3) is 0.353. The van der Waals surface area contributed by atoms with E-state index in [-0.39, 0.29) is 36.3 Å². The zero-order chi connectivity index (χ0) is 32.8. The third kappa shape index (κ3) is 8.18. The molecule has 242 valence electrons. The van der Waals surface area contributed by atoms with Gasteiger partial charge in [0.05, 0.1) is 23.4 Å².